The number of nitrogen functional groups attached to an aromatic ring is 1. The van der Waals surface area contributed by atoms with Gasteiger partial charge in [-0.15, -0.1) is 0 Å². The van der Waals surface area contributed by atoms with Crippen molar-refractivity contribution < 1.29 is 19.3 Å². The third kappa shape index (κ3) is 5.80. The first-order valence-electron chi connectivity index (χ1n) is 13.1. The fourth-order valence-corrected chi connectivity index (χ4v) is 5.06. The zero-order chi connectivity index (χ0) is 26.5. The summed E-state index contributed by atoms with van der Waals surface area (Å²) < 4.78 is 17.4. The Kier molecular flexibility index (Phi) is 8.49. The van der Waals surface area contributed by atoms with E-state index in [1.54, 1.807) is 20.3 Å². The molecule has 198 valence electrons. The molecule has 0 atom stereocenters. The fraction of sp³-hybridized carbons (Fsp3) is 0.419. The smallest absolute Gasteiger partial charge is 0.166 e. The second-order valence-corrected chi connectivity index (χ2v) is 10.1. The molecule has 6 nitrogen and oxygen atoms in total. The number of phenolic OH excluding ortho intramolecular Hbond substituents is 1. The van der Waals surface area contributed by atoms with Crippen LogP contribution in [-0.2, 0) is 19.3 Å². The predicted molar refractivity (Wildman–Crippen MR) is 150 cm³/mol. The molecule has 0 saturated heterocycles. The number of benzene rings is 3. The molecule has 0 heterocycles. The number of hydrogen-bond donors (Lipinski definition) is 2. The molecule has 3 aromatic carbocycles. The summed E-state index contributed by atoms with van der Waals surface area (Å²) in [6, 6.07) is 14.3. The van der Waals surface area contributed by atoms with Crippen molar-refractivity contribution in [2.75, 3.05) is 40.2 Å². The lowest BCUT2D eigenvalue weighted by atomic mass is 9.84. The number of methoxy groups -OCH3 is 2. The van der Waals surface area contributed by atoms with E-state index in [2.05, 4.69) is 37.9 Å². The van der Waals surface area contributed by atoms with Crippen LogP contribution in [-0.4, -0.2) is 50.5 Å². The average molecular weight is 505 g/mol. The summed E-state index contributed by atoms with van der Waals surface area (Å²) in [5.74, 6) is 2.30. The predicted octanol–water partition coefficient (Wildman–Crippen LogP) is 5.85. The standard InChI is InChI=1S/C31H40N2O4/c1-20(2)33(3)16-17-37-23-13-10-21(11-14-23)18-26-30(32)25(19-28(35-4)31(26)36-5)29-24-9-7-6-8-22(24)12-15-27(29)34/h10-15,19-20,34H,6-9,16-18,32H2,1-5H3. The molecule has 0 radical (unpaired) electrons. The van der Waals surface area contributed by atoms with Crippen molar-refractivity contribution >= 4 is 5.69 Å². The maximum absolute atomic E-state index is 10.9. The van der Waals surface area contributed by atoms with E-state index < -0.39 is 0 Å². The van der Waals surface area contributed by atoms with Gasteiger partial charge in [0.15, 0.2) is 11.5 Å². The molecule has 0 bridgehead atoms. The Morgan fingerprint density at radius 2 is 1.73 bits per heavy atom. The molecule has 0 unspecified atom stereocenters. The number of rotatable bonds is 10. The summed E-state index contributed by atoms with van der Waals surface area (Å²) in [5, 5.41) is 10.9. The number of ether oxygens (including phenoxy) is 3. The zero-order valence-electron chi connectivity index (χ0n) is 22.8. The van der Waals surface area contributed by atoms with Crippen LogP contribution in [0.5, 0.6) is 23.0 Å². The second-order valence-electron chi connectivity index (χ2n) is 10.1. The SMILES string of the molecule is COc1cc(-c2c(O)ccc3c2CCCC3)c(N)c(Cc2ccc(OCCN(C)C(C)C)cc2)c1OC. The molecule has 1 aliphatic carbocycles. The maximum atomic E-state index is 10.9. The van der Waals surface area contributed by atoms with Crippen LogP contribution < -0.4 is 19.9 Å². The van der Waals surface area contributed by atoms with Crippen LogP contribution in [0.4, 0.5) is 5.69 Å². The molecular formula is C31H40N2O4. The summed E-state index contributed by atoms with van der Waals surface area (Å²) in [7, 11) is 5.36. The van der Waals surface area contributed by atoms with Crippen LogP contribution in [0, 0.1) is 0 Å². The van der Waals surface area contributed by atoms with Gasteiger partial charge in [-0.25, -0.2) is 0 Å². The van der Waals surface area contributed by atoms with Crippen LogP contribution in [0.15, 0.2) is 42.5 Å². The second kappa shape index (κ2) is 11.8. The highest BCUT2D eigenvalue weighted by molar-refractivity contribution is 5.88. The first-order valence-corrected chi connectivity index (χ1v) is 13.1. The minimum Gasteiger partial charge on any atom is -0.507 e. The number of aromatic hydroxyl groups is 1. The number of nitrogens with zero attached hydrogens (tertiary/aromatic N) is 1. The lowest BCUT2D eigenvalue weighted by Crippen LogP contribution is -2.30. The number of aryl methyl sites for hydroxylation is 1. The molecule has 0 aliphatic heterocycles. The Morgan fingerprint density at radius 3 is 2.41 bits per heavy atom. The molecule has 0 saturated carbocycles. The van der Waals surface area contributed by atoms with Crippen molar-refractivity contribution in [1.82, 2.24) is 4.90 Å². The van der Waals surface area contributed by atoms with Crippen molar-refractivity contribution in [3.8, 4) is 34.1 Å². The lowest BCUT2D eigenvalue weighted by molar-refractivity contribution is 0.208. The number of likely N-dealkylation sites (N-methyl/N-ethyl adjacent to an activating group) is 1. The number of hydrogen-bond acceptors (Lipinski definition) is 6. The molecule has 3 N–H and O–H groups in total. The van der Waals surface area contributed by atoms with Gasteiger partial charge in [0.05, 0.1) is 14.2 Å². The molecule has 3 aromatic rings. The largest absolute Gasteiger partial charge is 0.507 e. The fourth-order valence-electron chi connectivity index (χ4n) is 5.06. The van der Waals surface area contributed by atoms with E-state index in [9.17, 15) is 5.11 Å². The first kappa shape index (κ1) is 26.7. The Hall–Kier alpha value is -3.38. The summed E-state index contributed by atoms with van der Waals surface area (Å²) in [6.07, 6.45) is 4.77. The first-order chi connectivity index (χ1) is 17.8. The number of anilines is 1. The summed E-state index contributed by atoms with van der Waals surface area (Å²) >= 11 is 0. The van der Waals surface area contributed by atoms with Crippen LogP contribution in [0.3, 0.4) is 0 Å². The molecule has 0 amide bonds. The Balaban J connectivity index is 1.66. The minimum atomic E-state index is 0.245. The molecule has 6 heteroatoms. The molecule has 4 rings (SSSR count). The normalized spacial score (nSPS) is 13.1. The van der Waals surface area contributed by atoms with Crippen LogP contribution in [0.1, 0.15) is 48.9 Å². The Bertz CT molecular complexity index is 1220. The van der Waals surface area contributed by atoms with Crippen molar-refractivity contribution in [3.63, 3.8) is 0 Å². The molecule has 1 aliphatic rings. The van der Waals surface area contributed by atoms with Gasteiger partial charge in [-0.05, 0) is 87.5 Å². The highest BCUT2D eigenvalue weighted by Crippen LogP contribution is 2.47. The van der Waals surface area contributed by atoms with Gasteiger partial charge < -0.3 is 30.0 Å². The molecule has 0 spiro atoms. The van der Waals surface area contributed by atoms with Gasteiger partial charge in [0, 0.05) is 41.4 Å². The Morgan fingerprint density at radius 1 is 1.00 bits per heavy atom. The molecule has 0 aromatic heterocycles. The molecule has 0 fully saturated rings. The topological polar surface area (TPSA) is 77.2 Å². The molecular weight excluding hydrogens is 464 g/mol. The van der Waals surface area contributed by atoms with Gasteiger partial charge in [-0.2, -0.15) is 0 Å². The third-order valence-electron chi connectivity index (χ3n) is 7.49. The highest BCUT2D eigenvalue weighted by Gasteiger charge is 2.24. The highest BCUT2D eigenvalue weighted by atomic mass is 16.5. The van der Waals surface area contributed by atoms with Gasteiger partial charge in [-0.1, -0.05) is 18.2 Å². The third-order valence-corrected chi connectivity index (χ3v) is 7.49. The van der Waals surface area contributed by atoms with E-state index >= 15 is 0 Å². The van der Waals surface area contributed by atoms with Gasteiger partial charge in [-0.3, -0.25) is 0 Å². The summed E-state index contributed by atoms with van der Waals surface area (Å²) in [5.41, 5.74) is 13.4. The van der Waals surface area contributed by atoms with E-state index in [1.165, 1.54) is 11.1 Å². The average Bonchev–Trinajstić information content (AvgIpc) is 2.90. The van der Waals surface area contributed by atoms with Crippen LogP contribution >= 0.6 is 0 Å². The van der Waals surface area contributed by atoms with Crippen LogP contribution in [0.25, 0.3) is 11.1 Å². The monoisotopic (exact) mass is 504 g/mol. The lowest BCUT2D eigenvalue weighted by Gasteiger charge is -2.24. The van der Waals surface area contributed by atoms with Gasteiger partial charge in [0.2, 0.25) is 0 Å². The summed E-state index contributed by atoms with van der Waals surface area (Å²) in [4.78, 5) is 2.26. The van der Waals surface area contributed by atoms with E-state index in [-0.39, 0.29) is 5.75 Å². The van der Waals surface area contributed by atoms with Crippen molar-refractivity contribution in [2.24, 2.45) is 0 Å². The van der Waals surface area contributed by atoms with Crippen molar-refractivity contribution in [3.05, 3.63) is 64.7 Å². The van der Waals surface area contributed by atoms with Crippen LogP contribution in [0.2, 0.25) is 0 Å². The summed E-state index contributed by atoms with van der Waals surface area (Å²) in [6.45, 7) is 5.86. The number of phenols is 1. The van der Waals surface area contributed by atoms with Crippen molar-refractivity contribution in [2.45, 2.75) is 52.0 Å². The minimum absolute atomic E-state index is 0.245. The molecule has 37 heavy (non-hydrogen) atoms. The number of fused-ring (bicyclic) bond motifs is 1. The quantitative estimate of drug-likeness (QED) is 0.338. The zero-order valence-corrected chi connectivity index (χ0v) is 22.8. The van der Waals surface area contributed by atoms with Gasteiger partial charge in [0.1, 0.15) is 18.1 Å². The van der Waals surface area contributed by atoms with E-state index in [1.807, 2.05) is 24.3 Å². The van der Waals surface area contributed by atoms with Crippen molar-refractivity contribution in [1.29, 1.82) is 0 Å². The maximum Gasteiger partial charge on any atom is 0.166 e. The van der Waals surface area contributed by atoms with E-state index in [0.717, 1.165) is 60.2 Å². The van der Waals surface area contributed by atoms with E-state index in [0.29, 0.717) is 36.3 Å². The van der Waals surface area contributed by atoms with E-state index in [4.69, 9.17) is 19.9 Å². The number of nitrogens with two attached hydrogens (primary N) is 1. The van der Waals surface area contributed by atoms with Gasteiger partial charge in [0.25, 0.3) is 0 Å². The Labute approximate surface area is 221 Å². The van der Waals surface area contributed by atoms with Gasteiger partial charge >= 0.3 is 0 Å².